The summed E-state index contributed by atoms with van der Waals surface area (Å²) >= 11 is 5.90. The van der Waals surface area contributed by atoms with Gasteiger partial charge in [0.25, 0.3) is 0 Å². The van der Waals surface area contributed by atoms with Crippen molar-refractivity contribution in [2.75, 3.05) is 11.9 Å². The van der Waals surface area contributed by atoms with Crippen molar-refractivity contribution in [1.82, 2.24) is 0 Å². The van der Waals surface area contributed by atoms with Gasteiger partial charge >= 0.3 is 0 Å². The summed E-state index contributed by atoms with van der Waals surface area (Å²) in [5.74, 6) is 0.441. The molecule has 0 aliphatic rings. The molecule has 0 fully saturated rings. The molecule has 0 unspecified atom stereocenters. The standard InChI is InChI=1S/C13H19ClN2O2/c1-4-18-11-6-5-9(14)7-10(11)16-12(17)8-13(2,3)15/h5-7H,4,8,15H2,1-3H3,(H,16,17). The minimum absolute atomic E-state index is 0.161. The molecule has 0 heterocycles. The molecule has 5 heteroatoms. The normalized spacial score (nSPS) is 11.2. The van der Waals surface area contributed by atoms with Gasteiger partial charge < -0.3 is 15.8 Å². The Bertz CT molecular complexity index is 427. The highest BCUT2D eigenvalue weighted by Gasteiger charge is 2.17. The van der Waals surface area contributed by atoms with Gasteiger partial charge in [-0.3, -0.25) is 4.79 Å². The van der Waals surface area contributed by atoms with Crippen LogP contribution in [0.2, 0.25) is 5.02 Å². The molecule has 100 valence electrons. The van der Waals surface area contributed by atoms with Crippen molar-refractivity contribution in [3.05, 3.63) is 23.2 Å². The summed E-state index contributed by atoms with van der Waals surface area (Å²) < 4.78 is 5.42. The van der Waals surface area contributed by atoms with Crippen LogP contribution >= 0.6 is 11.6 Å². The van der Waals surface area contributed by atoms with Crippen molar-refractivity contribution >= 4 is 23.2 Å². The molecule has 1 amide bonds. The van der Waals surface area contributed by atoms with Gasteiger partial charge in [-0.2, -0.15) is 0 Å². The van der Waals surface area contributed by atoms with E-state index in [1.54, 1.807) is 32.0 Å². The molecule has 1 aromatic carbocycles. The zero-order valence-electron chi connectivity index (χ0n) is 10.9. The number of ether oxygens (including phenoxy) is 1. The lowest BCUT2D eigenvalue weighted by molar-refractivity contribution is -0.117. The largest absolute Gasteiger partial charge is 0.492 e. The van der Waals surface area contributed by atoms with Gasteiger partial charge in [-0.25, -0.2) is 0 Å². The first-order valence-electron chi connectivity index (χ1n) is 5.83. The van der Waals surface area contributed by atoms with E-state index in [1.807, 2.05) is 6.92 Å². The number of halogens is 1. The van der Waals surface area contributed by atoms with Crippen molar-refractivity contribution in [1.29, 1.82) is 0 Å². The molecule has 1 aromatic rings. The molecule has 0 radical (unpaired) electrons. The molecule has 1 rings (SSSR count). The number of nitrogens with one attached hydrogen (secondary N) is 1. The number of carbonyl (C=O) groups excluding carboxylic acids is 1. The second-order valence-corrected chi connectivity index (χ2v) is 5.22. The zero-order valence-corrected chi connectivity index (χ0v) is 11.7. The van der Waals surface area contributed by atoms with Crippen LogP contribution in [-0.2, 0) is 4.79 Å². The van der Waals surface area contributed by atoms with E-state index in [1.165, 1.54) is 0 Å². The number of amides is 1. The van der Waals surface area contributed by atoms with Gasteiger partial charge in [-0.15, -0.1) is 0 Å². The predicted octanol–water partition coefficient (Wildman–Crippen LogP) is 2.80. The summed E-state index contributed by atoms with van der Waals surface area (Å²) in [7, 11) is 0. The molecule has 0 spiro atoms. The molecule has 0 bridgehead atoms. The number of hydrogen-bond donors (Lipinski definition) is 2. The first kappa shape index (κ1) is 14.8. The number of benzene rings is 1. The Balaban J connectivity index is 2.82. The average Bonchev–Trinajstić information content (AvgIpc) is 2.19. The van der Waals surface area contributed by atoms with E-state index in [0.717, 1.165) is 0 Å². The maximum Gasteiger partial charge on any atom is 0.226 e. The lowest BCUT2D eigenvalue weighted by Gasteiger charge is -2.18. The molecule has 0 atom stereocenters. The second kappa shape index (κ2) is 6.07. The van der Waals surface area contributed by atoms with Crippen LogP contribution in [0.1, 0.15) is 27.2 Å². The van der Waals surface area contributed by atoms with Crippen LogP contribution in [0.4, 0.5) is 5.69 Å². The number of hydrogen-bond acceptors (Lipinski definition) is 3. The van der Waals surface area contributed by atoms with Crippen LogP contribution in [0.5, 0.6) is 5.75 Å². The highest BCUT2D eigenvalue weighted by Crippen LogP contribution is 2.28. The summed E-state index contributed by atoms with van der Waals surface area (Å²) in [6.45, 7) is 6.00. The fourth-order valence-corrected chi connectivity index (χ4v) is 1.66. The summed E-state index contributed by atoms with van der Waals surface area (Å²) in [5.41, 5.74) is 5.82. The molecule has 0 saturated carbocycles. The van der Waals surface area contributed by atoms with Crippen molar-refractivity contribution in [3.8, 4) is 5.75 Å². The molecule has 0 saturated heterocycles. The highest BCUT2D eigenvalue weighted by atomic mass is 35.5. The van der Waals surface area contributed by atoms with Gasteiger partial charge in [0.2, 0.25) is 5.91 Å². The van der Waals surface area contributed by atoms with E-state index < -0.39 is 5.54 Å². The van der Waals surface area contributed by atoms with Gasteiger partial charge in [0.05, 0.1) is 12.3 Å². The van der Waals surface area contributed by atoms with Crippen molar-refractivity contribution in [3.63, 3.8) is 0 Å². The summed E-state index contributed by atoms with van der Waals surface area (Å²) in [5, 5.41) is 3.31. The molecule has 0 aliphatic carbocycles. The monoisotopic (exact) mass is 270 g/mol. The predicted molar refractivity (Wildman–Crippen MR) is 74.1 cm³/mol. The topological polar surface area (TPSA) is 64.3 Å². The van der Waals surface area contributed by atoms with Crippen molar-refractivity contribution < 1.29 is 9.53 Å². The third-order valence-electron chi connectivity index (χ3n) is 2.13. The SMILES string of the molecule is CCOc1ccc(Cl)cc1NC(=O)CC(C)(C)N. The Morgan fingerprint density at radius 2 is 2.17 bits per heavy atom. The minimum atomic E-state index is -0.547. The van der Waals surface area contributed by atoms with Crippen LogP contribution in [0, 0.1) is 0 Å². The van der Waals surface area contributed by atoms with Crippen molar-refractivity contribution in [2.45, 2.75) is 32.7 Å². The second-order valence-electron chi connectivity index (χ2n) is 4.79. The van der Waals surface area contributed by atoms with Gasteiger partial charge in [-0.1, -0.05) is 11.6 Å². The quantitative estimate of drug-likeness (QED) is 0.865. The van der Waals surface area contributed by atoms with Gasteiger partial charge in [0.1, 0.15) is 5.75 Å². The van der Waals surface area contributed by atoms with E-state index >= 15 is 0 Å². The van der Waals surface area contributed by atoms with E-state index in [0.29, 0.717) is 23.1 Å². The Labute approximate surface area is 112 Å². The fourth-order valence-electron chi connectivity index (χ4n) is 1.49. The Morgan fingerprint density at radius 1 is 1.50 bits per heavy atom. The van der Waals surface area contributed by atoms with Gasteiger partial charge in [-0.05, 0) is 39.0 Å². The van der Waals surface area contributed by atoms with Crippen molar-refractivity contribution in [2.24, 2.45) is 5.73 Å². The zero-order chi connectivity index (χ0) is 13.8. The lowest BCUT2D eigenvalue weighted by atomic mass is 10.0. The molecular formula is C13H19ClN2O2. The van der Waals surface area contributed by atoms with Crippen LogP contribution in [0.25, 0.3) is 0 Å². The first-order valence-corrected chi connectivity index (χ1v) is 6.20. The number of rotatable bonds is 5. The third-order valence-corrected chi connectivity index (χ3v) is 2.37. The van der Waals surface area contributed by atoms with Crippen LogP contribution in [0.3, 0.4) is 0 Å². The van der Waals surface area contributed by atoms with Gasteiger partial charge in [0, 0.05) is 17.0 Å². The van der Waals surface area contributed by atoms with Crippen LogP contribution in [0.15, 0.2) is 18.2 Å². The molecule has 0 aromatic heterocycles. The first-order chi connectivity index (χ1) is 8.31. The Kier molecular flexibility index (Phi) is 4.99. The van der Waals surface area contributed by atoms with E-state index in [9.17, 15) is 4.79 Å². The summed E-state index contributed by atoms with van der Waals surface area (Å²) in [6, 6.07) is 5.11. The fraction of sp³-hybridized carbons (Fsp3) is 0.462. The Morgan fingerprint density at radius 3 is 2.72 bits per heavy atom. The van der Waals surface area contributed by atoms with Crippen LogP contribution < -0.4 is 15.8 Å². The third kappa shape index (κ3) is 4.94. The van der Waals surface area contributed by atoms with E-state index in [2.05, 4.69) is 5.32 Å². The number of carbonyl (C=O) groups is 1. The molecule has 4 nitrogen and oxygen atoms in total. The summed E-state index contributed by atoms with van der Waals surface area (Å²) in [6.07, 6.45) is 0.227. The molecule has 0 aliphatic heterocycles. The smallest absolute Gasteiger partial charge is 0.226 e. The summed E-state index contributed by atoms with van der Waals surface area (Å²) in [4.78, 5) is 11.8. The average molecular weight is 271 g/mol. The number of nitrogens with two attached hydrogens (primary N) is 1. The van der Waals surface area contributed by atoms with E-state index in [4.69, 9.17) is 22.1 Å². The maximum absolute atomic E-state index is 11.8. The Hall–Kier alpha value is -1.26. The highest BCUT2D eigenvalue weighted by molar-refractivity contribution is 6.31. The van der Waals surface area contributed by atoms with E-state index in [-0.39, 0.29) is 12.3 Å². The number of anilines is 1. The maximum atomic E-state index is 11.8. The molecular weight excluding hydrogens is 252 g/mol. The lowest BCUT2D eigenvalue weighted by Crippen LogP contribution is -2.36. The minimum Gasteiger partial charge on any atom is -0.492 e. The molecule has 3 N–H and O–H groups in total. The van der Waals surface area contributed by atoms with Crippen LogP contribution in [-0.4, -0.2) is 18.1 Å². The molecule has 18 heavy (non-hydrogen) atoms. The van der Waals surface area contributed by atoms with Gasteiger partial charge in [0.15, 0.2) is 0 Å².